The first-order chi connectivity index (χ1) is 10.1. The largest absolute Gasteiger partial charge is 0.387 e. The third-order valence-electron chi connectivity index (χ3n) is 3.28. The second-order valence-electron chi connectivity index (χ2n) is 4.90. The maximum atomic E-state index is 10.2. The van der Waals surface area contributed by atoms with E-state index in [1.54, 1.807) is 23.7 Å². The predicted molar refractivity (Wildman–Crippen MR) is 84.6 cm³/mol. The number of aryl methyl sites for hydroxylation is 2. The van der Waals surface area contributed by atoms with Crippen molar-refractivity contribution in [1.29, 1.82) is 0 Å². The van der Waals surface area contributed by atoms with Crippen molar-refractivity contribution in [3.63, 3.8) is 0 Å². The molecule has 0 aromatic carbocycles. The van der Waals surface area contributed by atoms with Crippen molar-refractivity contribution in [2.24, 2.45) is 0 Å². The Kier molecular flexibility index (Phi) is 3.81. The Morgan fingerprint density at radius 2 is 2.00 bits per heavy atom. The molecule has 0 aliphatic carbocycles. The Labute approximate surface area is 126 Å². The second kappa shape index (κ2) is 5.75. The lowest BCUT2D eigenvalue weighted by atomic mass is 10.1. The summed E-state index contributed by atoms with van der Waals surface area (Å²) in [4.78, 5) is 13.8. The Morgan fingerprint density at radius 3 is 2.76 bits per heavy atom. The van der Waals surface area contributed by atoms with E-state index in [2.05, 4.69) is 25.6 Å². The molecular formula is C15H16N4OS. The lowest BCUT2D eigenvalue weighted by molar-refractivity contribution is 0.191. The Bertz CT molecular complexity index is 757. The molecule has 0 aliphatic heterocycles. The number of anilines is 1. The van der Waals surface area contributed by atoms with Crippen LogP contribution in [0, 0.1) is 13.8 Å². The Balaban J connectivity index is 1.84. The summed E-state index contributed by atoms with van der Waals surface area (Å²) in [5, 5.41) is 16.6. The fraction of sp³-hybridized carbons (Fsp3) is 0.267. The monoisotopic (exact) mass is 300 g/mol. The zero-order valence-electron chi connectivity index (χ0n) is 11.9. The van der Waals surface area contributed by atoms with E-state index in [4.69, 9.17) is 0 Å². The van der Waals surface area contributed by atoms with Crippen LogP contribution in [0.2, 0.25) is 0 Å². The third kappa shape index (κ3) is 2.86. The fourth-order valence-electron chi connectivity index (χ4n) is 2.22. The van der Waals surface area contributed by atoms with Crippen molar-refractivity contribution in [2.75, 3.05) is 11.9 Å². The third-order valence-corrected chi connectivity index (χ3v) is 4.27. The SMILES string of the molecule is Cc1nc(NC[C@@H](O)c2ccncc2)c2c(C)csc2n1. The molecule has 3 aromatic rings. The molecule has 3 heterocycles. The van der Waals surface area contributed by atoms with Crippen LogP contribution in [0.15, 0.2) is 29.9 Å². The summed E-state index contributed by atoms with van der Waals surface area (Å²) in [6, 6.07) is 3.62. The van der Waals surface area contributed by atoms with Gasteiger partial charge in [0.05, 0.1) is 11.5 Å². The van der Waals surface area contributed by atoms with E-state index < -0.39 is 6.10 Å². The molecular weight excluding hydrogens is 284 g/mol. The minimum atomic E-state index is -0.600. The summed E-state index contributed by atoms with van der Waals surface area (Å²) in [6.07, 6.45) is 2.75. The van der Waals surface area contributed by atoms with Gasteiger partial charge in [0.15, 0.2) is 0 Å². The molecule has 0 saturated carbocycles. The molecule has 21 heavy (non-hydrogen) atoms. The Morgan fingerprint density at radius 1 is 1.24 bits per heavy atom. The molecule has 0 spiro atoms. The normalized spacial score (nSPS) is 12.5. The molecule has 5 nitrogen and oxygen atoms in total. The standard InChI is InChI=1S/C15H16N4OS/c1-9-8-21-15-13(9)14(18-10(2)19-15)17-7-12(20)11-3-5-16-6-4-11/h3-6,8,12,20H,7H2,1-2H3,(H,17,18,19)/t12-/m1/s1. The smallest absolute Gasteiger partial charge is 0.138 e. The van der Waals surface area contributed by atoms with E-state index in [0.29, 0.717) is 6.54 Å². The van der Waals surface area contributed by atoms with Crippen LogP contribution in [0.4, 0.5) is 5.82 Å². The highest BCUT2D eigenvalue weighted by Crippen LogP contribution is 2.29. The first-order valence-electron chi connectivity index (χ1n) is 6.69. The maximum absolute atomic E-state index is 10.2. The highest BCUT2D eigenvalue weighted by Gasteiger charge is 2.12. The zero-order valence-corrected chi connectivity index (χ0v) is 12.7. The number of aromatic nitrogens is 3. The van der Waals surface area contributed by atoms with Gasteiger partial charge < -0.3 is 10.4 Å². The quantitative estimate of drug-likeness (QED) is 0.775. The first-order valence-corrected chi connectivity index (χ1v) is 7.57. The van der Waals surface area contributed by atoms with Gasteiger partial charge >= 0.3 is 0 Å². The van der Waals surface area contributed by atoms with Gasteiger partial charge in [-0.1, -0.05) is 0 Å². The number of rotatable bonds is 4. The number of nitrogens with one attached hydrogen (secondary N) is 1. The van der Waals surface area contributed by atoms with Gasteiger partial charge in [0.1, 0.15) is 16.5 Å². The summed E-state index contributed by atoms with van der Waals surface area (Å²) in [7, 11) is 0. The number of fused-ring (bicyclic) bond motifs is 1. The molecule has 2 N–H and O–H groups in total. The van der Waals surface area contributed by atoms with Crippen molar-refractivity contribution < 1.29 is 5.11 Å². The molecule has 0 amide bonds. The van der Waals surface area contributed by atoms with Gasteiger partial charge in [-0.05, 0) is 42.5 Å². The topological polar surface area (TPSA) is 70.9 Å². The molecule has 0 bridgehead atoms. The van der Waals surface area contributed by atoms with Crippen molar-refractivity contribution in [2.45, 2.75) is 20.0 Å². The molecule has 3 aromatic heterocycles. The van der Waals surface area contributed by atoms with E-state index in [0.717, 1.165) is 33.0 Å². The summed E-state index contributed by atoms with van der Waals surface area (Å²) >= 11 is 1.61. The summed E-state index contributed by atoms with van der Waals surface area (Å²) < 4.78 is 0. The van der Waals surface area contributed by atoms with Crippen molar-refractivity contribution in [1.82, 2.24) is 15.0 Å². The molecule has 6 heteroatoms. The average molecular weight is 300 g/mol. The van der Waals surface area contributed by atoms with E-state index in [1.165, 1.54) is 0 Å². The fourth-order valence-corrected chi connectivity index (χ4v) is 3.18. The summed E-state index contributed by atoms with van der Waals surface area (Å²) in [5.74, 6) is 1.51. The first kappa shape index (κ1) is 13.9. The second-order valence-corrected chi connectivity index (χ2v) is 5.75. The predicted octanol–water partition coefficient (Wildman–Crippen LogP) is 2.85. The summed E-state index contributed by atoms with van der Waals surface area (Å²) in [6.45, 7) is 4.31. The lowest BCUT2D eigenvalue weighted by Gasteiger charge is -2.13. The highest BCUT2D eigenvalue weighted by molar-refractivity contribution is 7.17. The van der Waals surface area contributed by atoms with E-state index in [-0.39, 0.29) is 0 Å². The van der Waals surface area contributed by atoms with Crippen LogP contribution in [-0.2, 0) is 0 Å². The average Bonchev–Trinajstić information content (AvgIpc) is 2.86. The molecule has 3 rings (SSSR count). The number of aliphatic hydroxyl groups excluding tert-OH is 1. The highest BCUT2D eigenvalue weighted by atomic mass is 32.1. The molecule has 1 atom stereocenters. The zero-order chi connectivity index (χ0) is 14.8. The number of hydrogen-bond acceptors (Lipinski definition) is 6. The molecule has 0 unspecified atom stereocenters. The van der Waals surface area contributed by atoms with Crippen LogP contribution < -0.4 is 5.32 Å². The lowest BCUT2D eigenvalue weighted by Crippen LogP contribution is -2.13. The van der Waals surface area contributed by atoms with E-state index in [9.17, 15) is 5.11 Å². The number of aliphatic hydroxyl groups is 1. The van der Waals surface area contributed by atoms with Crippen LogP contribution in [0.3, 0.4) is 0 Å². The Hall–Kier alpha value is -2.05. The number of nitrogens with zero attached hydrogens (tertiary/aromatic N) is 3. The van der Waals surface area contributed by atoms with E-state index >= 15 is 0 Å². The van der Waals surface area contributed by atoms with Crippen LogP contribution in [0.25, 0.3) is 10.2 Å². The van der Waals surface area contributed by atoms with Gasteiger partial charge in [-0.25, -0.2) is 9.97 Å². The number of thiophene rings is 1. The molecule has 0 fully saturated rings. The van der Waals surface area contributed by atoms with Gasteiger partial charge in [0, 0.05) is 18.9 Å². The minimum absolute atomic E-state index is 0.394. The van der Waals surface area contributed by atoms with Gasteiger partial charge in [-0.15, -0.1) is 11.3 Å². The summed E-state index contributed by atoms with van der Waals surface area (Å²) in [5.41, 5.74) is 1.98. The van der Waals surface area contributed by atoms with Crippen molar-refractivity contribution in [3.05, 3.63) is 46.9 Å². The van der Waals surface area contributed by atoms with E-state index in [1.807, 2.05) is 26.0 Å². The van der Waals surface area contributed by atoms with Gasteiger partial charge in [0.25, 0.3) is 0 Å². The molecule has 108 valence electrons. The van der Waals surface area contributed by atoms with Gasteiger partial charge in [0.2, 0.25) is 0 Å². The number of hydrogen-bond donors (Lipinski definition) is 2. The van der Waals surface area contributed by atoms with Crippen LogP contribution in [0.1, 0.15) is 23.1 Å². The minimum Gasteiger partial charge on any atom is -0.387 e. The van der Waals surface area contributed by atoms with Gasteiger partial charge in [-0.3, -0.25) is 4.98 Å². The van der Waals surface area contributed by atoms with Crippen LogP contribution in [-0.4, -0.2) is 26.6 Å². The van der Waals surface area contributed by atoms with Gasteiger partial charge in [-0.2, -0.15) is 0 Å². The van der Waals surface area contributed by atoms with Crippen LogP contribution in [0.5, 0.6) is 0 Å². The van der Waals surface area contributed by atoms with Crippen LogP contribution >= 0.6 is 11.3 Å². The molecule has 0 saturated heterocycles. The maximum Gasteiger partial charge on any atom is 0.138 e. The van der Waals surface area contributed by atoms with Crippen molar-refractivity contribution in [3.8, 4) is 0 Å². The molecule has 0 aliphatic rings. The van der Waals surface area contributed by atoms with Crippen molar-refractivity contribution >= 4 is 27.4 Å². The molecule has 0 radical (unpaired) electrons. The number of pyridine rings is 1.